The number of hydrogen-bond donors (Lipinski definition) is 0. The highest BCUT2D eigenvalue weighted by molar-refractivity contribution is 8.18. The van der Waals surface area contributed by atoms with Crippen LogP contribution in [0, 0.1) is 6.92 Å². The summed E-state index contributed by atoms with van der Waals surface area (Å²) in [6.07, 6.45) is 1.67. The van der Waals surface area contributed by atoms with Crippen LogP contribution in [-0.2, 0) is 11.3 Å². The molecule has 5 nitrogen and oxygen atoms in total. The van der Waals surface area contributed by atoms with Gasteiger partial charge in [-0.2, -0.15) is 0 Å². The Morgan fingerprint density at radius 2 is 1.85 bits per heavy atom. The average molecular weight is 369 g/mol. The van der Waals surface area contributed by atoms with Gasteiger partial charge in [-0.25, -0.2) is 0 Å². The lowest BCUT2D eigenvalue weighted by molar-refractivity contribution is -0.123. The van der Waals surface area contributed by atoms with E-state index in [2.05, 4.69) is 0 Å². The number of nitrogens with zero attached hydrogens (tertiary/aromatic N) is 1. The maximum absolute atomic E-state index is 12.7. The van der Waals surface area contributed by atoms with Crippen LogP contribution in [0.3, 0.4) is 0 Å². The molecule has 26 heavy (non-hydrogen) atoms. The first-order valence-corrected chi connectivity index (χ1v) is 8.87. The molecule has 1 fully saturated rings. The molecule has 1 heterocycles. The van der Waals surface area contributed by atoms with Gasteiger partial charge in [-0.15, -0.1) is 0 Å². The largest absolute Gasteiger partial charge is 0.497 e. The summed E-state index contributed by atoms with van der Waals surface area (Å²) in [6, 6.07) is 13.0. The number of amides is 2. The highest BCUT2D eigenvalue weighted by Gasteiger charge is 2.35. The fraction of sp³-hybridized carbons (Fsp3) is 0.200. The summed E-state index contributed by atoms with van der Waals surface area (Å²) >= 11 is 0.937. The zero-order chi connectivity index (χ0) is 18.7. The van der Waals surface area contributed by atoms with E-state index < -0.39 is 0 Å². The molecule has 0 radical (unpaired) electrons. The van der Waals surface area contributed by atoms with E-state index in [0.717, 1.165) is 22.9 Å². The first-order chi connectivity index (χ1) is 12.5. The molecule has 0 aliphatic carbocycles. The number of carbonyl (C=O) groups is 2. The second-order valence-corrected chi connectivity index (χ2v) is 6.80. The van der Waals surface area contributed by atoms with Gasteiger partial charge < -0.3 is 9.47 Å². The smallest absolute Gasteiger partial charge is 0.293 e. The van der Waals surface area contributed by atoms with Crippen molar-refractivity contribution in [2.45, 2.75) is 13.5 Å². The van der Waals surface area contributed by atoms with Crippen molar-refractivity contribution in [2.75, 3.05) is 14.2 Å². The van der Waals surface area contributed by atoms with Crippen LogP contribution in [-0.4, -0.2) is 30.3 Å². The van der Waals surface area contributed by atoms with Gasteiger partial charge in [0.15, 0.2) is 0 Å². The molecule has 1 aliphatic rings. The van der Waals surface area contributed by atoms with E-state index in [-0.39, 0.29) is 17.7 Å². The summed E-state index contributed by atoms with van der Waals surface area (Å²) in [6.45, 7) is 2.23. The van der Waals surface area contributed by atoms with Gasteiger partial charge in [0.05, 0.1) is 25.7 Å². The number of ether oxygens (including phenoxy) is 2. The molecule has 0 bridgehead atoms. The molecular weight excluding hydrogens is 350 g/mol. The Hall–Kier alpha value is -2.73. The first-order valence-electron chi connectivity index (χ1n) is 8.05. The van der Waals surface area contributed by atoms with Crippen LogP contribution < -0.4 is 9.47 Å². The SMILES string of the molecule is COc1ccc(OC)c(/C=C2\SC(=O)N(Cc3ccccc3C)C2=O)c1. The van der Waals surface area contributed by atoms with Crippen molar-refractivity contribution < 1.29 is 19.1 Å². The second-order valence-electron chi connectivity index (χ2n) is 5.80. The van der Waals surface area contributed by atoms with Gasteiger partial charge in [0.25, 0.3) is 11.1 Å². The minimum absolute atomic E-state index is 0.268. The van der Waals surface area contributed by atoms with Crippen molar-refractivity contribution in [2.24, 2.45) is 0 Å². The van der Waals surface area contributed by atoms with E-state index in [0.29, 0.717) is 22.0 Å². The van der Waals surface area contributed by atoms with Crippen LogP contribution in [0.5, 0.6) is 11.5 Å². The van der Waals surface area contributed by atoms with Crippen LogP contribution in [0.1, 0.15) is 16.7 Å². The molecule has 2 aromatic rings. The molecule has 0 saturated carbocycles. The van der Waals surface area contributed by atoms with E-state index in [1.165, 1.54) is 4.90 Å². The van der Waals surface area contributed by atoms with Gasteiger partial charge >= 0.3 is 0 Å². The maximum Gasteiger partial charge on any atom is 0.293 e. The predicted molar refractivity (Wildman–Crippen MR) is 102 cm³/mol. The van der Waals surface area contributed by atoms with Gasteiger partial charge in [0, 0.05) is 5.56 Å². The Morgan fingerprint density at radius 3 is 2.54 bits per heavy atom. The molecule has 134 valence electrons. The Bertz CT molecular complexity index is 891. The summed E-state index contributed by atoms with van der Waals surface area (Å²) in [7, 11) is 3.13. The van der Waals surface area contributed by atoms with Gasteiger partial charge in [-0.05, 0) is 54.1 Å². The van der Waals surface area contributed by atoms with E-state index in [1.54, 1.807) is 38.5 Å². The molecule has 0 aromatic heterocycles. The van der Waals surface area contributed by atoms with Gasteiger partial charge in [0.2, 0.25) is 0 Å². The van der Waals surface area contributed by atoms with Crippen LogP contribution in [0.15, 0.2) is 47.4 Å². The zero-order valence-electron chi connectivity index (χ0n) is 14.8. The lowest BCUT2D eigenvalue weighted by atomic mass is 10.1. The predicted octanol–water partition coefficient (Wildman–Crippen LogP) is 4.25. The van der Waals surface area contributed by atoms with Crippen molar-refractivity contribution in [1.29, 1.82) is 0 Å². The van der Waals surface area contributed by atoms with E-state index >= 15 is 0 Å². The fourth-order valence-corrected chi connectivity index (χ4v) is 3.52. The molecule has 0 unspecified atom stereocenters. The Morgan fingerprint density at radius 1 is 1.08 bits per heavy atom. The van der Waals surface area contributed by atoms with Crippen molar-refractivity contribution in [3.05, 3.63) is 64.1 Å². The van der Waals surface area contributed by atoms with E-state index in [4.69, 9.17) is 9.47 Å². The van der Waals surface area contributed by atoms with Crippen molar-refractivity contribution in [3.8, 4) is 11.5 Å². The standard InChI is InChI=1S/C20H19NO4S/c1-13-6-4-5-7-14(13)12-21-19(22)18(26-20(21)23)11-15-10-16(24-2)8-9-17(15)25-3/h4-11H,12H2,1-3H3/b18-11-. The minimum atomic E-state index is -0.298. The molecule has 0 N–H and O–H groups in total. The lowest BCUT2D eigenvalue weighted by Crippen LogP contribution is -2.27. The lowest BCUT2D eigenvalue weighted by Gasteiger charge is -2.14. The third-order valence-corrected chi connectivity index (χ3v) is 5.09. The Kier molecular flexibility index (Phi) is 5.32. The summed E-state index contributed by atoms with van der Waals surface area (Å²) in [5, 5.41) is -0.272. The first kappa shape index (κ1) is 18.1. The third kappa shape index (κ3) is 3.60. The molecule has 6 heteroatoms. The summed E-state index contributed by atoms with van der Waals surface area (Å²) < 4.78 is 10.6. The average Bonchev–Trinajstić information content (AvgIpc) is 2.90. The van der Waals surface area contributed by atoms with E-state index in [1.807, 2.05) is 31.2 Å². The van der Waals surface area contributed by atoms with Crippen molar-refractivity contribution in [1.82, 2.24) is 4.90 Å². The number of benzene rings is 2. The van der Waals surface area contributed by atoms with Gasteiger partial charge in [0.1, 0.15) is 11.5 Å². The monoisotopic (exact) mass is 369 g/mol. The minimum Gasteiger partial charge on any atom is -0.497 e. The number of hydrogen-bond acceptors (Lipinski definition) is 5. The molecule has 2 aromatic carbocycles. The Labute approximate surface area is 156 Å². The van der Waals surface area contributed by atoms with Crippen LogP contribution >= 0.6 is 11.8 Å². The van der Waals surface area contributed by atoms with E-state index in [9.17, 15) is 9.59 Å². The van der Waals surface area contributed by atoms with Crippen LogP contribution in [0.2, 0.25) is 0 Å². The van der Waals surface area contributed by atoms with Crippen LogP contribution in [0.4, 0.5) is 4.79 Å². The summed E-state index contributed by atoms with van der Waals surface area (Å²) in [5.74, 6) is 0.959. The number of aryl methyl sites for hydroxylation is 1. The molecule has 3 rings (SSSR count). The highest BCUT2D eigenvalue weighted by atomic mass is 32.2. The topological polar surface area (TPSA) is 55.8 Å². The quantitative estimate of drug-likeness (QED) is 0.738. The second kappa shape index (κ2) is 7.66. The molecule has 1 aliphatic heterocycles. The number of carbonyl (C=O) groups excluding carboxylic acids is 2. The fourth-order valence-electron chi connectivity index (χ4n) is 2.69. The van der Waals surface area contributed by atoms with Crippen molar-refractivity contribution >= 4 is 29.0 Å². The maximum atomic E-state index is 12.7. The molecule has 0 spiro atoms. The normalized spacial score (nSPS) is 15.7. The molecule has 0 atom stereocenters. The number of rotatable bonds is 5. The Balaban J connectivity index is 1.89. The van der Waals surface area contributed by atoms with Crippen LogP contribution in [0.25, 0.3) is 6.08 Å². The summed E-state index contributed by atoms with van der Waals surface area (Å²) in [4.78, 5) is 26.7. The van der Waals surface area contributed by atoms with Gasteiger partial charge in [-0.3, -0.25) is 14.5 Å². The third-order valence-electron chi connectivity index (χ3n) is 4.19. The zero-order valence-corrected chi connectivity index (χ0v) is 15.6. The molecule has 2 amide bonds. The van der Waals surface area contributed by atoms with Gasteiger partial charge in [-0.1, -0.05) is 24.3 Å². The number of thioether (sulfide) groups is 1. The highest BCUT2D eigenvalue weighted by Crippen LogP contribution is 2.36. The number of imide groups is 1. The molecule has 1 saturated heterocycles. The van der Waals surface area contributed by atoms with Crippen molar-refractivity contribution in [3.63, 3.8) is 0 Å². The number of methoxy groups -OCH3 is 2. The summed E-state index contributed by atoms with van der Waals surface area (Å²) in [5.41, 5.74) is 2.69. The molecular formula is C20H19NO4S.